The highest BCUT2D eigenvalue weighted by Gasteiger charge is 2.28. The maximum atomic E-state index is 13.5. The van der Waals surface area contributed by atoms with Gasteiger partial charge < -0.3 is 9.64 Å². The first-order valence-electron chi connectivity index (χ1n) is 9.59. The smallest absolute Gasteiger partial charge is 0.329 e. The molecule has 2 heterocycles. The van der Waals surface area contributed by atoms with E-state index >= 15 is 0 Å². The predicted molar refractivity (Wildman–Crippen MR) is 108 cm³/mol. The third kappa shape index (κ3) is 3.94. The van der Waals surface area contributed by atoms with Crippen molar-refractivity contribution in [2.75, 3.05) is 14.1 Å². The Kier molecular flexibility index (Phi) is 5.72. The lowest BCUT2D eigenvalue weighted by Crippen LogP contribution is -2.35. The minimum atomic E-state index is -0.704. The highest BCUT2D eigenvalue weighted by atomic mass is 32.1. The van der Waals surface area contributed by atoms with Crippen molar-refractivity contribution in [3.05, 3.63) is 26.6 Å². The Hall–Kier alpha value is -1.73. The van der Waals surface area contributed by atoms with Gasteiger partial charge in [-0.2, -0.15) is 0 Å². The highest BCUT2D eigenvalue weighted by molar-refractivity contribution is 7.18. The van der Waals surface area contributed by atoms with E-state index in [1.807, 2.05) is 32.8 Å². The van der Waals surface area contributed by atoms with Crippen LogP contribution in [0.4, 0.5) is 0 Å². The van der Waals surface area contributed by atoms with E-state index in [-0.39, 0.29) is 11.7 Å². The van der Waals surface area contributed by atoms with Crippen molar-refractivity contribution in [3.8, 4) is 0 Å². The molecule has 0 spiro atoms. The van der Waals surface area contributed by atoms with Crippen LogP contribution in [0, 0.1) is 5.92 Å². The summed E-state index contributed by atoms with van der Waals surface area (Å²) in [5.41, 5.74) is 1.03. The molecule has 148 valence electrons. The van der Waals surface area contributed by atoms with Crippen LogP contribution in [0.3, 0.4) is 0 Å². The van der Waals surface area contributed by atoms with Crippen LogP contribution in [0.25, 0.3) is 10.2 Å². The third-order valence-corrected chi connectivity index (χ3v) is 6.12. The molecule has 3 rings (SSSR count). The summed E-state index contributed by atoms with van der Waals surface area (Å²) in [6.07, 6.45) is 2.78. The van der Waals surface area contributed by atoms with Gasteiger partial charge in [0.15, 0.2) is 0 Å². The van der Waals surface area contributed by atoms with Gasteiger partial charge in [0, 0.05) is 4.88 Å². The van der Waals surface area contributed by atoms with Crippen molar-refractivity contribution < 1.29 is 9.53 Å². The molecular weight excluding hydrogens is 362 g/mol. The number of thiophene rings is 1. The van der Waals surface area contributed by atoms with Crippen molar-refractivity contribution in [1.82, 2.24) is 14.5 Å². The van der Waals surface area contributed by atoms with Crippen molar-refractivity contribution in [3.63, 3.8) is 0 Å². The summed E-state index contributed by atoms with van der Waals surface area (Å²) in [5, 5.41) is 0.702. The topological polar surface area (TPSA) is 64.4 Å². The van der Waals surface area contributed by atoms with E-state index in [1.165, 1.54) is 9.44 Å². The average Bonchev–Trinajstić information content (AvgIpc) is 2.90. The number of fused-ring (bicyclic) bond motifs is 3. The number of nitrogens with zero attached hydrogens (tertiary/aromatic N) is 3. The van der Waals surface area contributed by atoms with Crippen LogP contribution >= 0.6 is 11.3 Å². The fourth-order valence-electron chi connectivity index (χ4n) is 3.67. The lowest BCUT2D eigenvalue weighted by molar-refractivity contribution is -0.151. The van der Waals surface area contributed by atoms with Gasteiger partial charge in [-0.15, -0.1) is 11.3 Å². The molecule has 0 bridgehead atoms. The number of esters is 1. The van der Waals surface area contributed by atoms with Crippen LogP contribution in [0.1, 0.15) is 56.4 Å². The Labute approximate surface area is 164 Å². The first kappa shape index (κ1) is 20.0. The summed E-state index contributed by atoms with van der Waals surface area (Å²) in [6, 6.07) is -0.704. The quantitative estimate of drug-likeness (QED) is 0.733. The zero-order valence-corrected chi connectivity index (χ0v) is 17.9. The molecule has 0 saturated heterocycles. The van der Waals surface area contributed by atoms with Gasteiger partial charge >= 0.3 is 5.97 Å². The van der Waals surface area contributed by atoms with E-state index in [0.29, 0.717) is 23.7 Å². The first-order valence-corrected chi connectivity index (χ1v) is 10.4. The summed E-state index contributed by atoms with van der Waals surface area (Å²) in [5.74, 6) is 0.845. The van der Waals surface area contributed by atoms with Gasteiger partial charge in [0.05, 0.1) is 18.0 Å². The van der Waals surface area contributed by atoms with E-state index in [2.05, 4.69) is 6.92 Å². The molecule has 2 unspecified atom stereocenters. The zero-order chi connectivity index (χ0) is 19.9. The fourth-order valence-corrected chi connectivity index (χ4v) is 5.07. The molecule has 1 aliphatic rings. The number of hydrogen-bond donors (Lipinski definition) is 0. The molecule has 2 atom stereocenters. The van der Waals surface area contributed by atoms with E-state index in [0.717, 1.165) is 29.7 Å². The van der Waals surface area contributed by atoms with Crippen molar-refractivity contribution in [2.24, 2.45) is 5.92 Å². The SMILES string of the molecule is CC1CCc2c(sc3nc(CN(C)C)n(C(C)C(=O)OC(C)C)c(=O)c23)C1. The molecule has 0 saturated carbocycles. The van der Waals surface area contributed by atoms with E-state index in [1.54, 1.807) is 18.3 Å². The Bertz CT molecular complexity index is 913. The van der Waals surface area contributed by atoms with Gasteiger partial charge in [-0.1, -0.05) is 6.92 Å². The molecule has 0 N–H and O–H groups in total. The fraction of sp³-hybridized carbons (Fsp3) is 0.650. The second-order valence-corrected chi connectivity index (χ2v) is 9.22. The number of aryl methyl sites for hydroxylation is 1. The van der Waals surface area contributed by atoms with Crippen LogP contribution in [-0.4, -0.2) is 40.6 Å². The molecule has 0 radical (unpaired) electrons. The largest absolute Gasteiger partial charge is 0.461 e. The molecule has 0 fully saturated rings. The molecule has 0 aliphatic heterocycles. The molecule has 27 heavy (non-hydrogen) atoms. The number of hydrogen-bond acceptors (Lipinski definition) is 6. The molecule has 2 aromatic heterocycles. The Balaban J connectivity index is 2.19. The number of rotatable bonds is 5. The molecular formula is C20H29N3O3S. The summed E-state index contributed by atoms with van der Waals surface area (Å²) in [6.45, 7) is 8.08. The maximum absolute atomic E-state index is 13.5. The normalized spacial score (nSPS) is 18.1. The maximum Gasteiger partial charge on any atom is 0.329 e. The van der Waals surface area contributed by atoms with Gasteiger partial charge in [-0.25, -0.2) is 9.78 Å². The Morgan fingerprint density at radius 1 is 1.37 bits per heavy atom. The number of ether oxygens (including phenoxy) is 1. The standard InChI is InChI=1S/C20H29N3O3S/c1-11(2)26-20(25)13(4)23-16(10-22(5)6)21-18-17(19(23)24)14-8-7-12(3)9-15(14)27-18/h11-13H,7-10H2,1-6H3. The zero-order valence-electron chi connectivity index (χ0n) is 17.0. The molecule has 6 nitrogen and oxygen atoms in total. The van der Waals surface area contributed by atoms with Gasteiger partial charge in [0.1, 0.15) is 16.7 Å². The monoisotopic (exact) mass is 391 g/mol. The Morgan fingerprint density at radius 2 is 2.07 bits per heavy atom. The summed E-state index contributed by atoms with van der Waals surface area (Å²) in [4.78, 5) is 34.9. The average molecular weight is 392 g/mol. The molecule has 7 heteroatoms. The summed E-state index contributed by atoms with van der Waals surface area (Å²) >= 11 is 1.64. The number of carbonyl (C=O) groups excluding carboxylic acids is 1. The van der Waals surface area contributed by atoms with Crippen LogP contribution in [0.15, 0.2) is 4.79 Å². The van der Waals surface area contributed by atoms with Crippen LogP contribution in [0.2, 0.25) is 0 Å². The molecule has 2 aromatic rings. The molecule has 0 amide bonds. The minimum absolute atomic E-state index is 0.114. The molecule has 1 aliphatic carbocycles. The van der Waals surface area contributed by atoms with Crippen molar-refractivity contribution >= 4 is 27.5 Å². The third-order valence-electron chi connectivity index (χ3n) is 4.97. The lowest BCUT2D eigenvalue weighted by Gasteiger charge is -2.21. The Morgan fingerprint density at radius 3 is 2.70 bits per heavy atom. The second kappa shape index (κ2) is 7.72. The minimum Gasteiger partial charge on any atom is -0.461 e. The van der Waals surface area contributed by atoms with Crippen molar-refractivity contribution in [1.29, 1.82) is 0 Å². The van der Waals surface area contributed by atoms with Gasteiger partial charge in [-0.3, -0.25) is 9.36 Å². The van der Waals surface area contributed by atoms with Crippen LogP contribution < -0.4 is 5.56 Å². The van der Waals surface area contributed by atoms with Gasteiger partial charge in [0.25, 0.3) is 5.56 Å². The predicted octanol–water partition coefficient (Wildman–Crippen LogP) is 3.16. The highest BCUT2D eigenvalue weighted by Crippen LogP contribution is 2.36. The van der Waals surface area contributed by atoms with E-state index in [9.17, 15) is 9.59 Å². The number of aromatic nitrogens is 2. The molecule has 0 aromatic carbocycles. The van der Waals surface area contributed by atoms with E-state index in [4.69, 9.17) is 9.72 Å². The van der Waals surface area contributed by atoms with Gasteiger partial charge in [0.2, 0.25) is 0 Å². The van der Waals surface area contributed by atoms with Gasteiger partial charge in [-0.05, 0) is 65.6 Å². The van der Waals surface area contributed by atoms with Crippen LogP contribution in [0.5, 0.6) is 0 Å². The first-order chi connectivity index (χ1) is 12.7. The van der Waals surface area contributed by atoms with Crippen molar-refractivity contribution in [2.45, 2.75) is 65.6 Å². The van der Waals surface area contributed by atoms with E-state index < -0.39 is 12.0 Å². The summed E-state index contributed by atoms with van der Waals surface area (Å²) < 4.78 is 6.90. The summed E-state index contributed by atoms with van der Waals surface area (Å²) in [7, 11) is 3.86. The van der Waals surface area contributed by atoms with Crippen LogP contribution in [-0.2, 0) is 28.9 Å². The number of carbonyl (C=O) groups is 1. The second-order valence-electron chi connectivity index (χ2n) is 8.13. The lowest BCUT2D eigenvalue weighted by atomic mass is 9.89.